The molecule has 0 amide bonds. The maximum Gasteiger partial charge on any atom is 0.146 e. The summed E-state index contributed by atoms with van der Waals surface area (Å²) in [5.41, 5.74) is 0.834. The molecule has 2 atom stereocenters. The van der Waals surface area contributed by atoms with Crippen molar-refractivity contribution in [2.45, 2.75) is 51.2 Å². The van der Waals surface area contributed by atoms with Gasteiger partial charge >= 0.3 is 0 Å². The molecule has 1 aliphatic carbocycles. The molecule has 0 heterocycles. The minimum atomic E-state index is -1.57. The molecule has 6 nitrogen and oxygen atoms in total. The molecule has 1 saturated carbocycles. The van der Waals surface area contributed by atoms with Gasteiger partial charge in [0.2, 0.25) is 0 Å². The van der Waals surface area contributed by atoms with Crippen LogP contribution in [-0.2, 0) is 15.7 Å². The number of aliphatic hydroxyl groups excluding tert-OH is 2. The summed E-state index contributed by atoms with van der Waals surface area (Å²) in [7, 11) is 3.10. The van der Waals surface area contributed by atoms with E-state index in [4.69, 9.17) is 14.9 Å². The van der Waals surface area contributed by atoms with Crippen molar-refractivity contribution in [3.8, 4) is 0 Å². The fourth-order valence-corrected chi connectivity index (χ4v) is 4.62. The quantitative estimate of drug-likeness (QED) is 0.180. The number of aryl methyl sites for hydroxylation is 1. The van der Waals surface area contributed by atoms with Gasteiger partial charge in [0.1, 0.15) is 34.1 Å². The van der Waals surface area contributed by atoms with Crippen LogP contribution < -0.4 is 10.0 Å². The normalized spacial score (nSPS) is 15.7. The highest BCUT2D eigenvalue weighted by molar-refractivity contribution is 7.85. The molecule has 1 aromatic carbocycles. The number of hydrogen-bond acceptors (Lipinski definition) is 5. The zero-order valence-electron chi connectivity index (χ0n) is 20.7. The molecule has 4 N–H and O–H groups in total. The smallest absolute Gasteiger partial charge is 0.146 e. The first-order valence-electron chi connectivity index (χ1n) is 11.1. The van der Waals surface area contributed by atoms with E-state index in [2.05, 4.69) is 25.9 Å². The van der Waals surface area contributed by atoms with E-state index in [-0.39, 0.29) is 35.6 Å². The molecule has 0 radical (unpaired) electrons. The highest BCUT2D eigenvalue weighted by Crippen LogP contribution is 2.45. The van der Waals surface area contributed by atoms with Gasteiger partial charge in [0.05, 0.1) is 23.2 Å². The summed E-state index contributed by atoms with van der Waals surface area (Å²) in [5.74, 6) is -0.954. The molecule has 2 rings (SSSR count). The second-order valence-corrected chi connectivity index (χ2v) is 9.14. The van der Waals surface area contributed by atoms with Gasteiger partial charge in [0, 0.05) is 19.9 Å². The molecule has 34 heavy (non-hydrogen) atoms. The average Bonchev–Trinajstić information content (AvgIpc) is 3.66. The molecule has 0 aliphatic heterocycles. The topological polar surface area (TPSA) is 90.8 Å². The molecule has 1 aliphatic rings. The lowest BCUT2D eigenvalue weighted by Crippen LogP contribution is -2.32. The van der Waals surface area contributed by atoms with Crippen LogP contribution in [0, 0.1) is 12.7 Å². The SMILES string of the molecule is C=C/C(OC)=C(NS(=O)C1(CCCO)CC1)\C(Nc1ccc(C)cc1F)=C(\F)CP.CC.CO. The van der Waals surface area contributed by atoms with E-state index >= 15 is 0 Å². The second kappa shape index (κ2) is 16.8. The predicted octanol–water partition coefficient (Wildman–Crippen LogP) is 4.84. The molecule has 0 bridgehead atoms. The Morgan fingerprint density at radius 3 is 2.38 bits per heavy atom. The lowest BCUT2D eigenvalue weighted by Gasteiger charge is -2.22. The molecule has 0 saturated heterocycles. The summed E-state index contributed by atoms with van der Waals surface area (Å²) in [4.78, 5) is 0. The van der Waals surface area contributed by atoms with Gasteiger partial charge in [-0.25, -0.2) is 13.0 Å². The lowest BCUT2D eigenvalue weighted by molar-refractivity contribution is 0.282. The molecule has 194 valence electrons. The third kappa shape index (κ3) is 9.10. The first kappa shape index (κ1) is 32.2. The minimum absolute atomic E-state index is 0.0126. The van der Waals surface area contributed by atoms with E-state index in [0.29, 0.717) is 12.8 Å². The van der Waals surface area contributed by atoms with E-state index in [1.54, 1.807) is 13.0 Å². The number of ether oxygens (including phenoxy) is 1. The first-order valence-corrected chi connectivity index (χ1v) is 13.1. The van der Waals surface area contributed by atoms with Gasteiger partial charge < -0.3 is 20.3 Å². The lowest BCUT2D eigenvalue weighted by atomic mass is 10.2. The number of anilines is 1. The number of aliphatic hydroxyl groups is 2. The van der Waals surface area contributed by atoms with E-state index < -0.39 is 27.4 Å². The van der Waals surface area contributed by atoms with Gasteiger partial charge in [0.15, 0.2) is 0 Å². The first-order chi connectivity index (χ1) is 16.3. The van der Waals surface area contributed by atoms with Crippen LogP contribution in [0.4, 0.5) is 14.5 Å². The van der Waals surface area contributed by atoms with E-state index in [0.717, 1.165) is 25.5 Å². The highest BCUT2D eigenvalue weighted by Gasteiger charge is 2.48. The van der Waals surface area contributed by atoms with E-state index in [1.165, 1.54) is 25.3 Å². The van der Waals surface area contributed by atoms with Crippen molar-refractivity contribution in [2.75, 3.05) is 32.3 Å². The number of allylic oxidation sites excluding steroid dienone is 2. The third-order valence-electron chi connectivity index (χ3n) is 4.92. The van der Waals surface area contributed by atoms with Gasteiger partial charge in [-0.1, -0.05) is 26.5 Å². The standard InChI is InChI=1S/C21H29F2N2O3PS.C2H6.CH4O/c1-4-18(28-3)20(25-30(27)21(9-10-21)8-5-11-26)19(16(23)13-29)24-17-7-6-14(2)12-15(17)22;2*1-2/h4,6-7,12,24-26H,1,5,8-11,13,29H2,2-3H3;1-2H3;2H,1H3/b19-16-,20-18-;;. The van der Waals surface area contributed by atoms with Gasteiger partial charge in [0.25, 0.3) is 0 Å². The molecular formula is C24H39F2N2O4PS. The van der Waals surface area contributed by atoms with Gasteiger partial charge in [-0.15, -0.1) is 9.24 Å². The van der Waals surface area contributed by atoms with Crippen LogP contribution in [0.3, 0.4) is 0 Å². The van der Waals surface area contributed by atoms with Gasteiger partial charge in [-0.3, -0.25) is 4.72 Å². The largest absolute Gasteiger partial charge is 0.494 e. The average molecular weight is 521 g/mol. The third-order valence-corrected chi connectivity index (χ3v) is 7.07. The van der Waals surface area contributed by atoms with E-state index in [1.807, 2.05) is 13.8 Å². The van der Waals surface area contributed by atoms with Crippen molar-refractivity contribution in [2.24, 2.45) is 0 Å². The number of nitrogens with one attached hydrogen (secondary N) is 2. The molecule has 0 spiro atoms. The van der Waals surface area contributed by atoms with Gasteiger partial charge in [-0.05, 0) is 56.4 Å². The summed E-state index contributed by atoms with van der Waals surface area (Å²) < 4.78 is 50.2. The summed E-state index contributed by atoms with van der Waals surface area (Å²) in [6.07, 6.45) is 3.91. The van der Waals surface area contributed by atoms with Crippen molar-refractivity contribution in [3.05, 3.63) is 65.2 Å². The number of rotatable bonds is 12. The zero-order chi connectivity index (χ0) is 26.3. The van der Waals surface area contributed by atoms with Crippen LogP contribution in [-0.4, -0.2) is 46.2 Å². The van der Waals surface area contributed by atoms with Crippen LogP contribution in [0.1, 0.15) is 45.1 Å². The fraction of sp³-hybridized carbons (Fsp3) is 0.500. The monoisotopic (exact) mass is 520 g/mol. The summed E-state index contributed by atoms with van der Waals surface area (Å²) in [6, 6.07) is 4.56. The van der Waals surface area contributed by atoms with Crippen molar-refractivity contribution in [1.82, 2.24) is 4.72 Å². The highest BCUT2D eigenvalue weighted by atomic mass is 32.2. The summed E-state index contributed by atoms with van der Waals surface area (Å²) in [6.45, 7) is 9.45. The maximum atomic E-state index is 14.9. The number of benzene rings is 1. The van der Waals surface area contributed by atoms with E-state index in [9.17, 15) is 13.0 Å². The molecule has 0 aromatic heterocycles. The number of methoxy groups -OCH3 is 1. The minimum Gasteiger partial charge on any atom is -0.494 e. The molecule has 10 heteroatoms. The molecule has 1 aromatic rings. The summed E-state index contributed by atoms with van der Waals surface area (Å²) in [5, 5.41) is 18.9. The van der Waals surface area contributed by atoms with Crippen molar-refractivity contribution in [1.29, 1.82) is 0 Å². The Morgan fingerprint density at radius 2 is 1.94 bits per heavy atom. The number of hydrogen-bond donors (Lipinski definition) is 4. The Bertz CT molecular complexity index is 875. The van der Waals surface area contributed by atoms with Crippen LogP contribution in [0.25, 0.3) is 0 Å². The zero-order valence-corrected chi connectivity index (χ0v) is 22.7. The maximum absolute atomic E-state index is 14.9. The van der Waals surface area contributed by atoms with Gasteiger partial charge in [-0.2, -0.15) is 0 Å². The summed E-state index contributed by atoms with van der Waals surface area (Å²) >= 11 is 0. The van der Waals surface area contributed by atoms with Crippen LogP contribution in [0.15, 0.2) is 53.8 Å². The van der Waals surface area contributed by atoms with Crippen molar-refractivity contribution < 1.29 is 27.9 Å². The Kier molecular flexibility index (Phi) is 15.9. The van der Waals surface area contributed by atoms with Crippen LogP contribution in [0.2, 0.25) is 0 Å². The van der Waals surface area contributed by atoms with Crippen LogP contribution >= 0.6 is 9.24 Å². The second-order valence-electron chi connectivity index (χ2n) is 7.12. The Balaban J connectivity index is 0.00000258. The van der Waals surface area contributed by atoms with Crippen LogP contribution in [0.5, 0.6) is 0 Å². The Morgan fingerprint density at radius 1 is 1.32 bits per heavy atom. The van der Waals surface area contributed by atoms with Crippen molar-refractivity contribution >= 4 is 25.9 Å². The van der Waals surface area contributed by atoms with Crippen molar-refractivity contribution in [3.63, 3.8) is 0 Å². The molecule has 1 fully saturated rings. The molecule has 2 unspecified atom stereocenters. The Hall–Kier alpha value is -1.80. The number of halogens is 2. The predicted molar refractivity (Wildman–Crippen MR) is 141 cm³/mol. The Labute approximate surface area is 207 Å². The molecular weight excluding hydrogens is 481 g/mol. The fourth-order valence-electron chi connectivity index (χ4n) is 3.01.